The van der Waals surface area contributed by atoms with Crippen LogP contribution in [0.2, 0.25) is 0 Å². The Morgan fingerprint density at radius 2 is 2.30 bits per heavy atom. The average Bonchev–Trinajstić information content (AvgIpc) is 2.43. The number of aliphatic hydroxyl groups is 1. The smallest absolute Gasteiger partial charge is 0.267 e. The molecule has 1 aromatic carbocycles. The van der Waals surface area contributed by atoms with E-state index in [0.717, 1.165) is 0 Å². The molecule has 106 valence electrons. The van der Waals surface area contributed by atoms with Gasteiger partial charge in [-0.1, -0.05) is 6.07 Å². The number of aliphatic hydroxyl groups excluding tert-OH is 1. The van der Waals surface area contributed by atoms with Gasteiger partial charge >= 0.3 is 0 Å². The molecule has 0 spiro atoms. The second-order valence-electron chi connectivity index (χ2n) is 4.01. The Morgan fingerprint density at radius 1 is 1.55 bits per heavy atom. The van der Waals surface area contributed by atoms with Crippen LogP contribution < -0.4 is 5.32 Å². The third kappa shape index (κ3) is 4.63. The number of hydrogen-bond donors (Lipinski definition) is 3. The molecule has 1 aromatic rings. The highest BCUT2D eigenvalue weighted by atomic mass is 16.3. The fourth-order valence-corrected chi connectivity index (χ4v) is 1.55. The molecule has 20 heavy (non-hydrogen) atoms. The Kier molecular flexibility index (Phi) is 6.07. The van der Waals surface area contributed by atoms with Gasteiger partial charge in [0.1, 0.15) is 17.4 Å². The number of benzene rings is 1. The van der Waals surface area contributed by atoms with Gasteiger partial charge in [0, 0.05) is 31.0 Å². The van der Waals surface area contributed by atoms with Crippen LogP contribution in [0.3, 0.4) is 0 Å². The average molecular weight is 275 g/mol. The first-order chi connectivity index (χ1) is 9.60. The number of likely N-dealkylation sites (N-methyl/N-ethyl adjacent to an activating group) is 1. The maximum Gasteiger partial charge on any atom is 0.267 e. The minimum absolute atomic E-state index is 0.0285. The molecule has 0 atom stereocenters. The molecule has 6 heteroatoms. The van der Waals surface area contributed by atoms with Crippen molar-refractivity contribution in [3.63, 3.8) is 0 Å². The molecule has 0 radical (unpaired) electrons. The van der Waals surface area contributed by atoms with Crippen LogP contribution in [0.5, 0.6) is 5.75 Å². The van der Waals surface area contributed by atoms with Gasteiger partial charge in [-0.15, -0.1) is 0 Å². The van der Waals surface area contributed by atoms with Crippen molar-refractivity contribution in [3.05, 3.63) is 36.0 Å². The molecule has 0 fully saturated rings. The molecule has 1 rings (SSSR count). The van der Waals surface area contributed by atoms with Crippen molar-refractivity contribution in [2.24, 2.45) is 0 Å². The second-order valence-corrected chi connectivity index (χ2v) is 4.01. The Balaban J connectivity index is 2.82. The SMILES string of the molecule is CCN(/C=C(/C#N)C(=O)Nc1cccc(O)c1)CCO. The predicted molar refractivity (Wildman–Crippen MR) is 74.8 cm³/mol. The molecule has 0 aliphatic rings. The van der Waals surface area contributed by atoms with E-state index >= 15 is 0 Å². The summed E-state index contributed by atoms with van der Waals surface area (Å²) in [4.78, 5) is 13.6. The monoisotopic (exact) mass is 275 g/mol. The van der Waals surface area contributed by atoms with Crippen LogP contribution in [0.1, 0.15) is 6.92 Å². The Bertz CT molecular complexity index is 535. The fourth-order valence-electron chi connectivity index (χ4n) is 1.55. The van der Waals surface area contributed by atoms with Gasteiger partial charge in [-0.05, 0) is 19.1 Å². The summed E-state index contributed by atoms with van der Waals surface area (Å²) in [5, 5.41) is 29.7. The molecule has 0 saturated carbocycles. The zero-order valence-electron chi connectivity index (χ0n) is 11.2. The number of hydrogen-bond acceptors (Lipinski definition) is 5. The van der Waals surface area contributed by atoms with Gasteiger partial charge in [0.25, 0.3) is 5.91 Å². The first-order valence-corrected chi connectivity index (χ1v) is 6.18. The molecule has 0 heterocycles. The molecular weight excluding hydrogens is 258 g/mol. The number of phenolic OH excluding ortho intramolecular Hbond substituents is 1. The van der Waals surface area contributed by atoms with E-state index in [0.29, 0.717) is 18.8 Å². The lowest BCUT2D eigenvalue weighted by Gasteiger charge is -2.17. The number of carbonyl (C=O) groups excluding carboxylic acids is 1. The Hall–Kier alpha value is -2.52. The number of phenols is 1. The zero-order chi connectivity index (χ0) is 15.0. The number of nitrogens with one attached hydrogen (secondary N) is 1. The molecule has 6 nitrogen and oxygen atoms in total. The quantitative estimate of drug-likeness (QED) is 0.532. The van der Waals surface area contributed by atoms with Gasteiger partial charge in [0.2, 0.25) is 0 Å². The van der Waals surface area contributed by atoms with E-state index in [1.807, 2.05) is 13.0 Å². The topological polar surface area (TPSA) is 96.6 Å². The largest absolute Gasteiger partial charge is 0.508 e. The summed E-state index contributed by atoms with van der Waals surface area (Å²) in [7, 11) is 0. The van der Waals surface area contributed by atoms with Gasteiger partial charge in [0.05, 0.1) is 6.61 Å². The van der Waals surface area contributed by atoms with Crippen LogP contribution in [0.4, 0.5) is 5.69 Å². The van der Waals surface area contributed by atoms with Crippen molar-refractivity contribution >= 4 is 11.6 Å². The van der Waals surface area contributed by atoms with Crippen molar-refractivity contribution in [2.45, 2.75) is 6.92 Å². The highest BCUT2D eigenvalue weighted by Gasteiger charge is 2.11. The van der Waals surface area contributed by atoms with Crippen molar-refractivity contribution in [2.75, 3.05) is 25.0 Å². The van der Waals surface area contributed by atoms with Crippen LogP contribution >= 0.6 is 0 Å². The van der Waals surface area contributed by atoms with Gasteiger partial charge in [-0.3, -0.25) is 4.79 Å². The number of nitrogens with zero attached hydrogens (tertiary/aromatic N) is 2. The minimum atomic E-state index is -0.561. The Labute approximate surface area is 117 Å². The molecular formula is C14H17N3O3. The summed E-state index contributed by atoms with van der Waals surface area (Å²) in [6.07, 6.45) is 1.41. The van der Waals surface area contributed by atoms with Gasteiger partial charge in [0.15, 0.2) is 0 Å². The number of nitriles is 1. The number of carbonyl (C=O) groups is 1. The van der Waals surface area contributed by atoms with E-state index in [1.54, 1.807) is 17.0 Å². The summed E-state index contributed by atoms with van der Waals surface area (Å²) in [6, 6.07) is 7.89. The summed E-state index contributed by atoms with van der Waals surface area (Å²) < 4.78 is 0. The molecule has 0 aromatic heterocycles. The third-order valence-electron chi connectivity index (χ3n) is 2.57. The highest BCUT2D eigenvalue weighted by Crippen LogP contribution is 2.16. The molecule has 3 N–H and O–H groups in total. The first-order valence-electron chi connectivity index (χ1n) is 6.18. The fraction of sp³-hybridized carbons (Fsp3) is 0.286. The molecule has 0 aliphatic heterocycles. The summed E-state index contributed by atoms with van der Waals surface area (Å²) in [6.45, 7) is 2.72. The van der Waals surface area contributed by atoms with Crippen molar-refractivity contribution < 1.29 is 15.0 Å². The standard InChI is InChI=1S/C14H17N3O3/c1-2-17(6-7-18)10-11(9-15)14(20)16-12-4-3-5-13(19)8-12/h3-5,8,10,18-19H,2,6-7H2,1H3,(H,16,20)/b11-10-. The highest BCUT2D eigenvalue weighted by molar-refractivity contribution is 6.06. The maximum atomic E-state index is 11.9. The molecule has 0 saturated heterocycles. The molecule has 0 aliphatic carbocycles. The van der Waals surface area contributed by atoms with Crippen LogP contribution in [0, 0.1) is 11.3 Å². The lowest BCUT2D eigenvalue weighted by molar-refractivity contribution is -0.112. The summed E-state index contributed by atoms with van der Waals surface area (Å²) >= 11 is 0. The number of anilines is 1. The van der Waals surface area contributed by atoms with E-state index in [1.165, 1.54) is 18.3 Å². The lowest BCUT2D eigenvalue weighted by atomic mass is 10.2. The zero-order valence-corrected chi connectivity index (χ0v) is 11.2. The normalized spacial score (nSPS) is 10.8. The molecule has 1 amide bonds. The Morgan fingerprint density at radius 3 is 2.85 bits per heavy atom. The van der Waals surface area contributed by atoms with Crippen molar-refractivity contribution in [3.8, 4) is 11.8 Å². The van der Waals surface area contributed by atoms with Crippen molar-refractivity contribution in [1.82, 2.24) is 4.90 Å². The van der Waals surface area contributed by atoms with E-state index < -0.39 is 5.91 Å². The van der Waals surface area contributed by atoms with Crippen molar-refractivity contribution in [1.29, 1.82) is 5.26 Å². The minimum Gasteiger partial charge on any atom is -0.508 e. The summed E-state index contributed by atoms with van der Waals surface area (Å²) in [5.41, 5.74) is 0.338. The van der Waals surface area contributed by atoms with E-state index in [9.17, 15) is 9.90 Å². The summed E-state index contributed by atoms with van der Waals surface area (Å²) in [5.74, 6) is -0.532. The maximum absolute atomic E-state index is 11.9. The first kappa shape index (κ1) is 15.5. The van der Waals surface area contributed by atoms with Crippen LogP contribution in [-0.4, -0.2) is 40.7 Å². The second kappa shape index (κ2) is 7.81. The molecule has 0 bridgehead atoms. The van der Waals surface area contributed by atoms with E-state index in [2.05, 4.69) is 5.32 Å². The van der Waals surface area contributed by atoms with Gasteiger partial charge < -0.3 is 20.4 Å². The molecule has 0 unspecified atom stereocenters. The van der Waals surface area contributed by atoms with Crippen LogP contribution in [-0.2, 0) is 4.79 Å². The van der Waals surface area contributed by atoms with Crippen LogP contribution in [0.15, 0.2) is 36.0 Å². The van der Waals surface area contributed by atoms with Gasteiger partial charge in [-0.2, -0.15) is 5.26 Å². The van der Waals surface area contributed by atoms with E-state index in [-0.39, 0.29) is 17.9 Å². The number of rotatable bonds is 6. The third-order valence-corrected chi connectivity index (χ3v) is 2.57. The van der Waals surface area contributed by atoms with Crippen LogP contribution in [0.25, 0.3) is 0 Å². The van der Waals surface area contributed by atoms with E-state index in [4.69, 9.17) is 10.4 Å². The predicted octanol–water partition coefficient (Wildman–Crippen LogP) is 1.05. The lowest BCUT2D eigenvalue weighted by Crippen LogP contribution is -2.23. The number of amides is 1. The number of aromatic hydroxyl groups is 1. The van der Waals surface area contributed by atoms with Gasteiger partial charge in [-0.25, -0.2) is 0 Å².